The number of hydrogen-bond acceptors (Lipinski definition) is 9. The predicted molar refractivity (Wildman–Crippen MR) is 132 cm³/mol. The zero-order valence-electron chi connectivity index (χ0n) is 18.7. The Hall–Kier alpha value is -3.18. The molecule has 178 valence electrons. The van der Waals surface area contributed by atoms with Crippen LogP contribution in [-0.4, -0.2) is 49.2 Å². The Morgan fingerprint density at radius 1 is 1.03 bits per heavy atom. The topological polar surface area (TPSA) is 123 Å². The van der Waals surface area contributed by atoms with E-state index in [4.69, 9.17) is 0 Å². The lowest BCUT2D eigenvalue weighted by atomic mass is 9.99. The number of nitrogens with one attached hydrogen (secondary N) is 2. The Kier molecular flexibility index (Phi) is 7.32. The van der Waals surface area contributed by atoms with Crippen LogP contribution in [0.5, 0.6) is 0 Å². The van der Waals surface area contributed by atoms with Gasteiger partial charge < -0.3 is 26.0 Å². The Balaban J connectivity index is 1.77. The van der Waals surface area contributed by atoms with Gasteiger partial charge in [-0.25, -0.2) is 14.4 Å². The van der Waals surface area contributed by atoms with E-state index in [1.54, 1.807) is 25.1 Å². The molecule has 0 radical (unpaired) electrons. The maximum atomic E-state index is 14.2. The van der Waals surface area contributed by atoms with Crippen LogP contribution in [0.1, 0.15) is 19.0 Å². The summed E-state index contributed by atoms with van der Waals surface area (Å²) in [7, 11) is 0. The lowest BCUT2D eigenvalue weighted by molar-refractivity contribution is -0.0203. The average Bonchev–Trinajstić information content (AvgIpc) is 3.24. The molecule has 34 heavy (non-hydrogen) atoms. The zero-order chi connectivity index (χ0) is 24.2. The van der Waals surface area contributed by atoms with Gasteiger partial charge >= 0.3 is 0 Å². The molecule has 0 bridgehead atoms. The second kappa shape index (κ2) is 10.4. The van der Waals surface area contributed by atoms with Crippen molar-refractivity contribution in [1.82, 2.24) is 15.0 Å². The van der Waals surface area contributed by atoms with Crippen molar-refractivity contribution in [3.63, 3.8) is 0 Å². The van der Waals surface area contributed by atoms with E-state index in [9.17, 15) is 19.7 Å². The van der Waals surface area contributed by atoms with Crippen LogP contribution < -0.4 is 10.6 Å². The summed E-state index contributed by atoms with van der Waals surface area (Å²) >= 11 is 1.45. The average molecular weight is 484 g/mol. The molecular formula is C24H26FN5O3S. The monoisotopic (exact) mass is 483 g/mol. The molecule has 0 amide bonds. The van der Waals surface area contributed by atoms with Gasteiger partial charge in [0, 0.05) is 12.5 Å². The van der Waals surface area contributed by atoms with E-state index in [1.807, 2.05) is 31.2 Å². The summed E-state index contributed by atoms with van der Waals surface area (Å²) in [6.07, 6.45) is -2.18. The fourth-order valence-electron chi connectivity index (χ4n) is 3.61. The van der Waals surface area contributed by atoms with Crippen molar-refractivity contribution >= 4 is 39.0 Å². The number of aromatic nitrogens is 3. The highest BCUT2D eigenvalue weighted by Crippen LogP contribution is 2.37. The second-order valence-corrected chi connectivity index (χ2v) is 8.91. The second-order valence-electron chi connectivity index (χ2n) is 7.88. The maximum Gasteiger partial charge on any atom is 0.229 e. The largest absolute Gasteiger partial charge is 0.396 e. The molecule has 5 N–H and O–H groups in total. The molecule has 0 aliphatic carbocycles. The number of fused-ring (bicyclic) bond motifs is 1. The number of thiazole rings is 1. The van der Waals surface area contributed by atoms with Crippen LogP contribution in [0.25, 0.3) is 20.8 Å². The van der Waals surface area contributed by atoms with Crippen molar-refractivity contribution in [3.8, 4) is 10.6 Å². The molecule has 0 aliphatic rings. The zero-order valence-corrected chi connectivity index (χ0v) is 19.6. The van der Waals surface area contributed by atoms with Gasteiger partial charge in [0.05, 0.1) is 27.2 Å². The fourth-order valence-corrected chi connectivity index (χ4v) is 4.68. The number of aryl methyl sites for hydroxylation is 1. The van der Waals surface area contributed by atoms with Crippen molar-refractivity contribution in [2.75, 3.05) is 17.2 Å². The highest BCUT2D eigenvalue weighted by molar-refractivity contribution is 7.21. The molecule has 10 heteroatoms. The van der Waals surface area contributed by atoms with Crippen LogP contribution in [0.4, 0.5) is 21.8 Å². The van der Waals surface area contributed by atoms with E-state index in [0.717, 1.165) is 10.2 Å². The molecule has 0 saturated carbocycles. The number of aliphatic hydroxyl groups excluding tert-OH is 3. The van der Waals surface area contributed by atoms with Gasteiger partial charge in [-0.2, -0.15) is 4.98 Å². The van der Waals surface area contributed by atoms with Gasteiger partial charge in [0.1, 0.15) is 22.7 Å². The molecule has 0 fully saturated rings. The SMILES string of the molecule is CC[C@H](CO)[C@@H](O)[C@@H](O)Nc1nc(Nc2ccccc2F)nc(C)c1-c1nc2ccccc2s1. The minimum absolute atomic E-state index is 0.117. The van der Waals surface area contributed by atoms with Gasteiger partial charge in [-0.15, -0.1) is 11.3 Å². The number of anilines is 3. The smallest absolute Gasteiger partial charge is 0.229 e. The molecule has 0 unspecified atom stereocenters. The first-order valence-electron chi connectivity index (χ1n) is 10.9. The molecule has 8 nitrogen and oxygen atoms in total. The van der Waals surface area contributed by atoms with Crippen molar-refractivity contribution in [3.05, 3.63) is 60.0 Å². The van der Waals surface area contributed by atoms with Gasteiger partial charge in [-0.3, -0.25) is 0 Å². The van der Waals surface area contributed by atoms with Crippen LogP contribution >= 0.6 is 11.3 Å². The number of hydrogen-bond donors (Lipinski definition) is 5. The van der Waals surface area contributed by atoms with E-state index in [1.165, 1.54) is 17.4 Å². The third-order valence-electron chi connectivity index (χ3n) is 5.57. The number of nitrogens with zero attached hydrogens (tertiary/aromatic N) is 3. The number of rotatable bonds is 9. The third kappa shape index (κ3) is 5.00. The van der Waals surface area contributed by atoms with Crippen molar-refractivity contribution in [2.45, 2.75) is 32.6 Å². The van der Waals surface area contributed by atoms with Crippen LogP contribution in [0.3, 0.4) is 0 Å². The molecule has 0 spiro atoms. The first-order chi connectivity index (χ1) is 16.4. The summed E-state index contributed by atoms with van der Waals surface area (Å²) in [4.78, 5) is 13.7. The lowest BCUT2D eigenvalue weighted by Gasteiger charge is -2.26. The number of benzene rings is 2. The van der Waals surface area contributed by atoms with Crippen LogP contribution in [0.2, 0.25) is 0 Å². The van der Waals surface area contributed by atoms with E-state index in [0.29, 0.717) is 22.7 Å². The van der Waals surface area contributed by atoms with Crippen LogP contribution in [0, 0.1) is 18.7 Å². The normalized spacial score (nSPS) is 14.1. The molecule has 4 aromatic rings. The summed E-state index contributed by atoms with van der Waals surface area (Å²) in [6, 6.07) is 13.8. The fraction of sp³-hybridized carbons (Fsp3) is 0.292. The standard InChI is InChI=1S/C24H26FN5O3S/c1-3-14(12-31)20(32)22(33)29-21-19(23-27-17-10-6-7-11-18(17)34-23)13(2)26-24(30-21)28-16-9-5-4-8-15(16)25/h4-11,14,20,22,31-33H,3,12H2,1-2H3,(H2,26,28,29,30)/t14-,20-,22-/m1/s1. The minimum atomic E-state index is -1.42. The maximum absolute atomic E-state index is 14.2. The minimum Gasteiger partial charge on any atom is -0.396 e. The molecule has 0 saturated heterocycles. The summed E-state index contributed by atoms with van der Waals surface area (Å²) < 4.78 is 15.2. The molecule has 0 aliphatic heterocycles. The molecule has 3 atom stereocenters. The quantitative estimate of drug-likeness (QED) is 0.226. The lowest BCUT2D eigenvalue weighted by Crippen LogP contribution is -2.40. The third-order valence-corrected chi connectivity index (χ3v) is 6.62. The Bertz CT molecular complexity index is 1250. The molecule has 2 aromatic carbocycles. The predicted octanol–water partition coefficient (Wildman–Crippen LogP) is 4.05. The summed E-state index contributed by atoms with van der Waals surface area (Å²) in [5.74, 6) is -0.638. The van der Waals surface area contributed by atoms with Crippen molar-refractivity contribution in [1.29, 1.82) is 0 Å². The highest BCUT2D eigenvalue weighted by atomic mass is 32.1. The van der Waals surface area contributed by atoms with Crippen molar-refractivity contribution < 1.29 is 19.7 Å². The first-order valence-corrected chi connectivity index (χ1v) is 11.7. The summed E-state index contributed by atoms with van der Waals surface area (Å²) in [6.45, 7) is 3.31. The molecule has 2 aromatic heterocycles. The summed E-state index contributed by atoms with van der Waals surface area (Å²) in [5, 5.41) is 37.1. The van der Waals surface area contributed by atoms with Gasteiger partial charge in [0.2, 0.25) is 5.95 Å². The number of halogens is 1. The van der Waals surface area contributed by atoms with Gasteiger partial charge in [0.25, 0.3) is 0 Å². The van der Waals surface area contributed by atoms with Gasteiger partial charge in [-0.1, -0.05) is 31.2 Å². The highest BCUT2D eigenvalue weighted by Gasteiger charge is 2.27. The van der Waals surface area contributed by atoms with E-state index < -0.39 is 24.1 Å². The Morgan fingerprint density at radius 3 is 2.47 bits per heavy atom. The number of aliphatic hydroxyl groups is 3. The van der Waals surface area contributed by atoms with E-state index in [-0.39, 0.29) is 24.1 Å². The van der Waals surface area contributed by atoms with E-state index in [2.05, 4.69) is 25.6 Å². The molecule has 4 rings (SSSR count). The number of para-hydroxylation sites is 2. The van der Waals surface area contributed by atoms with E-state index >= 15 is 0 Å². The van der Waals surface area contributed by atoms with Gasteiger partial charge in [-0.05, 0) is 37.6 Å². The van der Waals surface area contributed by atoms with Gasteiger partial charge in [0.15, 0.2) is 6.23 Å². The molecule has 2 heterocycles. The van der Waals surface area contributed by atoms with Crippen molar-refractivity contribution in [2.24, 2.45) is 5.92 Å². The Morgan fingerprint density at radius 2 is 1.76 bits per heavy atom. The molecular weight excluding hydrogens is 457 g/mol. The first kappa shape index (κ1) is 24.0. The summed E-state index contributed by atoms with van der Waals surface area (Å²) in [5.41, 5.74) is 2.12. The Labute approximate surface area is 200 Å². The van der Waals surface area contributed by atoms with Crippen LogP contribution in [0.15, 0.2) is 48.5 Å². The van der Waals surface area contributed by atoms with Crippen LogP contribution in [-0.2, 0) is 0 Å².